The standard InChI is InChI=1S/C22H18FN5O2/c23-15-8-9-19(25-12-15)20-26-21(30-27-20)14-4-3-11-28(13-14)22(29)17-5-1-7-18-16(17)6-2-10-24-18/h1-2,5-10,12,14H,3-4,11,13H2. The van der Waals surface area contributed by atoms with Gasteiger partial charge in [-0.15, -0.1) is 0 Å². The van der Waals surface area contributed by atoms with Gasteiger partial charge in [0.2, 0.25) is 11.7 Å². The third-order valence-electron chi connectivity index (χ3n) is 5.33. The second kappa shape index (κ2) is 7.62. The van der Waals surface area contributed by atoms with E-state index in [0.717, 1.165) is 29.9 Å². The molecule has 4 heterocycles. The number of hydrogen-bond acceptors (Lipinski definition) is 6. The molecule has 4 aromatic rings. The highest BCUT2D eigenvalue weighted by Crippen LogP contribution is 2.29. The van der Waals surface area contributed by atoms with Crippen molar-refractivity contribution >= 4 is 16.8 Å². The summed E-state index contributed by atoms with van der Waals surface area (Å²) in [5.41, 5.74) is 1.88. The van der Waals surface area contributed by atoms with Gasteiger partial charge in [-0.25, -0.2) is 9.37 Å². The Morgan fingerprint density at radius 3 is 2.93 bits per heavy atom. The van der Waals surface area contributed by atoms with Crippen molar-refractivity contribution in [3.63, 3.8) is 0 Å². The molecular weight excluding hydrogens is 385 g/mol. The zero-order chi connectivity index (χ0) is 20.5. The second-order valence-corrected chi connectivity index (χ2v) is 7.28. The van der Waals surface area contributed by atoms with Gasteiger partial charge in [-0.1, -0.05) is 17.3 Å². The summed E-state index contributed by atoms with van der Waals surface area (Å²) in [6, 6.07) is 12.1. The fraction of sp³-hybridized carbons (Fsp3) is 0.227. The summed E-state index contributed by atoms with van der Waals surface area (Å²) >= 11 is 0. The third kappa shape index (κ3) is 3.41. The quantitative estimate of drug-likeness (QED) is 0.517. The zero-order valence-corrected chi connectivity index (χ0v) is 16.0. The van der Waals surface area contributed by atoms with Gasteiger partial charge >= 0.3 is 0 Å². The van der Waals surface area contributed by atoms with E-state index in [1.165, 1.54) is 12.1 Å². The van der Waals surface area contributed by atoms with Crippen LogP contribution in [0.4, 0.5) is 4.39 Å². The lowest BCUT2D eigenvalue weighted by Gasteiger charge is -2.31. The largest absolute Gasteiger partial charge is 0.339 e. The Morgan fingerprint density at radius 2 is 2.07 bits per heavy atom. The molecule has 1 aromatic carbocycles. The maximum Gasteiger partial charge on any atom is 0.254 e. The molecule has 3 aromatic heterocycles. The van der Waals surface area contributed by atoms with Crippen LogP contribution in [0.3, 0.4) is 0 Å². The van der Waals surface area contributed by atoms with Gasteiger partial charge in [-0.2, -0.15) is 4.98 Å². The van der Waals surface area contributed by atoms with Crippen LogP contribution in [0.15, 0.2) is 59.4 Å². The number of likely N-dealkylation sites (tertiary alicyclic amines) is 1. The van der Waals surface area contributed by atoms with Crippen LogP contribution in [0.2, 0.25) is 0 Å². The molecule has 0 radical (unpaired) electrons. The van der Waals surface area contributed by atoms with E-state index >= 15 is 0 Å². The van der Waals surface area contributed by atoms with Crippen LogP contribution in [-0.4, -0.2) is 44.0 Å². The lowest BCUT2D eigenvalue weighted by Crippen LogP contribution is -2.39. The van der Waals surface area contributed by atoms with E-state index in [1.54, 1.807) is 6.20 Å². The molecule has 5 rings (SSSR count). The number of nitrogens with zero attached hydrogens (tertiary/aromatic N) is 5. The molecule has 1 aliphatic heterocycles. The van der Waals surface area contributed by atoms with Crippen LogP contribution in [0, 0.1) is 5.82 Å². The van der Waals surface area contributed by atoms with E-state index in [9.17, 15) is 9.18 Å². The summed E-state index contributed by atoms with van der Waals surface area (Å²) in [5, 5.41) is 4.82. The molecule has 7 nitrogen and oxygen atoms in total. The molecule has 8 heteroatoms. The van der Waals surface area contributed by atoms with Crippen LogP contribution in [0.1, 0.15) is 35.0 Å². The van der Waals surface area contributed by atoms with Crippen LogP contribution in [-0.2, 0) is 0 Å². The SMILES string of the molecule is O=C(c1cccc2ncccc12)N1CCCC(c2nc(-c3ccc(F)cn3)no2)C1. The smallest absolute Gasteiger partial charge is 0.254 e. The lowest BCUT2D eigenvalue weighted by molar-refractivity contribution is 0.0697. The average Bonchev–Trinajstić information content (AvgIpc) is 3.29. The normalized spacial score (nSPS) is 16.7. The molecule has 1 aliphatic rings. The van der Waals surface area contributed by atoms with E-state index < -0.39 is 5.82 Å². The maximum absolute atomic E-state index is 13.2. The highest BCUT2D eigenvalue weighted by Gasteiger charge is 2.30. The number of halogens is 1. The van der Waals surface area contributed by atoms with Crippen molar-refractivity contribution in [2.75, 3.05) is 13.1 Å². The van der Waals surface area contributed by atoms with Crippen molar-refractivity contribution in [3.05, 3.63) is 72.1 Å². The number of carbonyl (C=O) groups is 1. The van der Waals surface area contributed by atoms with Crippen molar-refractivity contribution in [1.29, 1.82) is 0 Å². The summed E-state index contributed by atoms with van der Waals surface area (Å²) in [6.07, 6.45) is 4.52. The Morgan fingerprint density at radius 1 is 1.13 bits per heavy atom. The number of hydrogen-bond donors (Lipinski definition) is 0. The Labute approximate surface area is 171 Å². The first-order valence-corrected chi connectivity index (χ1v) is 9.77. The molecule has 1 saturated heterocycles. The molecule has 1 atom stereocenters. The molecular formula is C22H18FN5O2. The highest BCUT2D eigenvalue weighted by atomic mass is 19.1. The molecule has 0 N–H and O–H groups in total. The minimum atomic E-state index is -0.424. The van der Waals surface area contributed by atoms with Crippen LogP contribution < -0.4 is 0 Å². The molecule has 0 bridgehead atoms. The first kappa shape index (κ1) is 18.4. The molecule has 0 aliphatic carbocycles. The van der Waals surface area contributed by atoms with Crippen molar-refractivity contribution in [2.45, 2.75) is 18.8 Å². The zero-order valence-electron chi connectivity index (χ0n) is 16.0. The summed E-state index contributed by atoms with van der Waals surface area (Å²) in [6.45, 7) is 1.17. The van der Waals surface area contributed by atoms with E-state index in [4.69, 9.17) is 4.52 Å². The highest BCUT2D eigenvalue weighted by molar-refractivity contribution is 6.06. The Kier molecular flexibility index (Phi) is 4.66. The third-order valence-corrected chi connectivity index (χ3v) is 5.33. The summed E-state index contributed by atoms with van der Waals surface area (Å²) in [5.74, 6) is 0.269. The fourth-order valence-electron chi connectivity index (χ4n) is 3.84. The van der Waals surface area contributed by atoms with Gasteiger partial charge in [0.25, 0.3) is 5.91 Å². The first-order chi connectivity index (χ1) is 14.7. The van der Waals surface area contributed by atoms with Gasteiger partial charge < -0.3 is 9.42 Å². The topological polar surface area (TPSA) is 85.0 Å². The van der Waals surface area contributed by atoms with Crippen molar-refractivity contribution < 1.29 is 13.7 Å². The predicted octanol–water partition coefficient (Wildman–Crippen LogP) is 3.84. The van der Waals surface area contributed by atoms with E-state index in [1.807, 2.05) is 35.2 Å². The van der Waals surface area contributed by atoms with E-state index in [0.29, 0.717) is 36.1 Å². The summed E-state index contributed by atoms with van der Waals surface area (Å²) in [7, 11) is 0. The van der Waals surface area contributed by atoms with Crippen molar-refractivity contribution in [1.82, 2.24) is 25.0 Å². The fourth-order valence-corrected chi connectivity index (χ4v) is 3.84. The molecule has 0 saturated carbocycles. The van der Waals surface area contributed by atoms with Crippen LogP contribution >= 0.6 is 0 Å². The number of piperidine rings is 1. The van der Waals surface area contributed by atoms with Crippen LogP contribution in [0.25, 0.3) is 22.4 Å². The Bertz CT molecular complexity index is 1200. The lowest BCUT2D eigenvalue weighted by atomic mass is 9.96. The Hall–Kier alpha value is -3.68. The second-order valence-electron chi connectivity index (χ2n) is 7.28. The molecule has 150 valence electrons. The Balaban J connectivity index is 1.37. The molecule has 1 unspecified atom stereocenters. The van der Waals surface area contributed by atoms with Gasteiger partial charge in [-0.3, -0.25) is 9.78 Å². The van der Waals surface area contributed by atoms with Gasteiger partial charge in [0.05, 0.1) is 17.6 Å². The first-order valence-electron chi connectivity index (χ1n) is 9.77. The molecule has 1 amide bonds. The minimum Gasteiger partial charge on any atom is -0.339 e. The number of amides is 1. The molecule has 0 spiro atoms. The van der Waals surface area contributed by atoms with E-state index in [2.05, 4.69) is 20.1 Å². The summed E-state index contributed by atoms with van der Waals surface area (Å²) < 4.78 is 18.5. The number of aromatic nitrogens is 4. The average molecular weight is 403 g/mol. The number of carbonyl (C=O) groups excluding carboxylic acids is 1. The number of benzene rings is 1. The molecule has 1 fully saturated rings. The molecule has 30 heavy (non-hydrogen) atoms. The van der Waals surface area contributed by atoms with Gasteiger partial charge in [-0.05, 0) is 43.2 Å². The monoisotopic (exact) mass is 403 g/mol. The minimum absolute atomic E-state index is 0.0294. The van der Waals surface area contributed by atoms with E-state index in [-0.39, 0.29) is 11.8 Å². The number of pyridine rings is 2. The van der Waals surface area contributed by atoms with Crippen molar-refractivity contribution in [3.8, 4) is 11.5 Å². The maximum atomic E-state index is 13.2. The summed E-state index contributed by atoms with van der Waals surface area (Å²) in [4.78, 5) is 27.8. The van der Waals surface area contributed by atoms with Crippen molar-refractivity contribution in [2.24, 2.45) is 0 Å². The predicted molar refractivity (Wildman–Crippen MR) is 107 cm³/mol. The van der Waals surface area contributed by atoms with Gasteiger partial charge in [0.1, 0.15) is 11.5 Å². The van der Waals surface area contributed by atoms with Gasteiger partial charge in [0, 0.05) is 30.2 Å². The number of fused-ring (bicyclic) bond motifs is 1. The number of rotatable bonds is 3. The van der Waals surface area contributed by atoms with Gasteiger partial charge in [0.15, 0.2) is 0 Å². The van der Waals surface area contributed by atoms with Crippen LogP contribution in [0.5, 0.6) is 0 Å².